The Morgan fingerprint density at radius 2 is 1.96 bits per heavy atom. The second-order valence-electron chi connectivity index (χ2n) is 6.34. The van der Waals surface area contributed by atoms with E-state index in [1.807, 2.05) is 7.05 Å². The number of pyridine rings is 1. The van der Waals surface area contributed by atoms with Gasteiger partial charge in [0.25, 0.3) is 10.0 Å². The number of rotatable bonds is 6. The Morgan fingerprint density at radius 3 is 2.58 bits per heavy atom. The van der Waals surface area contributed by atoms with Crippen molar-refractivity contribution in [3.05, 3.63) is 60.6 Å². The number of nitrogens with one attached hydrogen (secondary N) is 1. The quantitative estimate of drug-likeness (QED) is 0.716. The van der Waals surface area contributed by atoms with Crippen LogP contribution in [0.3, 0.4) is 0 Å². The summed E-state index contributed by atoms with van der Waals surface area (Å²) < 4.78 is 28.0. The molecule has 3 heterocycles. The lowest BCUT2D eigenvalue weighted by Gasteiger charge is -2.12. The van der Waals surface area contributed by atoms with Crippen LogP contribution in [0.4, 0.5) is 0 Å². The fraction of sp³-hybridized carbons (Fsp3) is 0.278. The summed E-state index contributed by atoms with van der Waals surface area (Å²) in [5, 5.41) is 3.14. The van der Waals surface area contributed by atoms with Crippen LogP contribution in [-0.2, 0) is 16.6 Å². The minimum atomic E-state index is -3.77. The molecule has 3 aromatic rings. The molecule has 1 N–H and O–H groups in total. The first-order valence-electron chi connectivity index (χ1n) is 8.42. The molecule has 134 valence electrons. The van der Waals surface area contributed by atoms with Crippen LogP contribution in [0.25, 0.3) is 11.3 Å². The first kappa shape index (κ1) is 16.9. The molecule has 7 nitrogen and oxygen atoms in total. The van der Waals surface area contributed by atoms with Crippen molar-refractivity contribution in [2.24, 2.45) is 0 Å². The Hall–Kier alpha value is -2.58. The van der Waals surface area contributed by atoms with Gasteiger partial charge in [0.1, 0.15) is 11.2 Å². The third-order valence-corrected chi connectivity index (χ3v) is 6.12. The molecule has 0 amide bonds. The molecule has 4 rings (SSSR count). The van der Waals surface area contributed by atoms with Gasteiger partial charge in [0.15, 0.2) is 0 Å². The first-order chi connectivity index (χ1) is 12.6. The Balaban J connectivity index is 1.99. The molecule has 0 unspecified atom stereocenters. The van der Waals surface area contributed by atoms with Crippen LogP contribution in [0.5, 0.6) is 0 Å². The number of hydrogen-bond acceptors (Lipinski definition) is 6. The van der Waals surface area contributed by atoms with Crippen LogP contribution in [0.1, 0.15) is 29.9 Å². The zero-order valence-corrected chi connectivity index (χ0v) is 15.1. The molecule has 0 atom stereocenters. The average molecular weight is 369 g/mol. The fourth-order valence-electron chi connectivity index (χ4n) is 3.21. The molecule has 8 heteroatoms. The Morgan fingerprint density at radius 1 is 1.19 bits per heavy atom. The number of hydrogen-bond donors (Lipinski definition) is 1. The van der Waals surface area contributed by atoms with Gasteiger partial charge < -0.3 is 5.32 Å². The van der Waals surface area contributed by atoms with Gasteiger partial charge in [0.2, 0.25) is 0 Å². The molecule has 0 aromatic carbocycles. The molecule has 0 saturated heterocycles. The number of aromatic nitrogens is 4. The van der Waals surface area contributed by atoms with Crippen molar-refractivity contribution >= 4 is 10.0 Å². The summed E-state index contributed by atoms with van der Waals surface area (Å²) >= 11 is 0. The lowest BCUT2D eigenvalue weighted by molar-refractivity contribution is 0.587. The third kappa shape index (κ3) is 2.91. The van der Waals surface area contributed by atoms with Crippen molar-refractivity contribution < 1.29 is 8.42 Å². The average Bonchev–Trinajstić information content (AvgIpc) is 3.44. The van der Waals surface area contributed by atoms with E-state index in [9.17, 15) is 8.42 Å². The van der Waals surface area contributed by atoms with E-state index in [1.54, 1.807) is 36.9 Å². The van der Waals surface area contributed by atoms with E-state index < -0.39 is 10.0 Å². The van der Waals surface area contributed by atoms with Crippen molar-refractivity contribution in [3.63, 3.8) is 0 Å². The summed E-state index contributed by atoms with van der Waals surface area (Å²) in [5.41, 5.74) is 3.41. The predicted octanol–water partition coefficient (Wildman–Crippen LogP) is 2.17. The molecule has 1 saturated carbocycles. The van der Waals surface area contributed by atoms with E-state index in [0.717, 1.165) is 24.0 Å². The summed E-state index contributed by atoms with van der Waals surface area (Å²) in [4.78, 5) is 12.3. The van der Waals surface area contributed by atoms with E-state index in [2.05, 4.69) is 20.3 Å². The van der Waals surface area contributed by atoms with Crippen molar-refractivity contribution in [2.75, 3.05) is 7.05 Å². The molecule has 0 spiro atoms. The Kier molecular flexibility index (Phi) is 4.29. The van der Waals surface area contributed by atoms with Crippen molar-refractivity contribution in [3.8, 4) is 11.3 Å². The van der Waals surface area contributed by atoms with Crippen LogP contribution >= 0.6 is 0 Å². The largest absolute Gasteiger partial charge is 0.316 e. The maximum absolute atomic E-state index is 13.3. The van der Waals surface area contributed by atoms with Gasteiger partial charge in [-0.05, 0) is 49.1 Å². The normalized spacial score (nSPS) is 14.5. The van der Waals surface area contributed by atoms with E-state index in [0.29, 0.717) is 23.7 Å². The highest BCUT2D eigenvalue weighted by molar-refractivity contribution is 7.90. The molecular weight excluding hydrogens is 350 g/mol. The van der Waals surface area contributed by atoms with Crippen LogP contribution in [-0.4, -0.2) is 34.4 Å². The van der Waals surface area contributed by atoms with Crippen molar-refractivity contribution in [2.45, 2.75) is 30.2 Å². The topological polar surface area (TPSA) is 89.8 Å². The van der Waals surface area contributed by atoms with Gasteiger partial charge in [-0.25, -0.2) is 22.4 Å². The lowest BCUT2D eigenvalue weighted by atomic mass is 10.0. The van der Waals surface area contributed by atoms with Gasteiger partial charge >= 0.3 is 0 Å². The molecular formula is C18H19N5O2S. The van der Waals surface area contributed by atoms with Gasteiger partial charge in [-0.15, -0.1) is 0 Å². The van der Waals surface area contributed by atoms with Gasteiger partial charge in [0, 0.05) is 43.1 Å². The SMILES string of the molecule is CNCc1cn(S(=O)(=O)c2cccnc2)c(-c2cncnc2)c1C1CC1. The zero-order valence-electron chi connectivity index (χ0n) is 14.3. The van der Waals surface area contributed by atoms with E-state index in [-0.39, 0.29) is 4.90 Å². The molecule has 3 aromatic heterocycles. The molecule has 0 radical (unpaired) electrons. The van der Waals surface area contributed by atoms with Crippen molar-refractivity contribution in [1.29, 1.82) is 0 Å². The summed E-state index contributed by atoms with van der Waals surface area (Å²) in [7, 11) is -1.92. The smallest absolute Gasteiger partial charge is 0.269 e. The van der Waals surface area contributed by atoms with Crippen molar-refractivity contribution in [1.82, 2.24) is 24.2 Å². The summed E-state index contributed by atoms with van der Waals surface area (Å²) in [6.07, 6.45) is 11.5. The minimum Gasteiger partial charge on any atom is -0.316 e. The summed E-state index contributed by atoms with van der Waals surface area (Å²) in [6.45, 7) is 0.599. The molecule has 0 bridgehead atoms. The highest BCUT2D eigenvalue weighted by atomic mass is 32.2. The van der Waals surface area contributed by atoms with Gasteiger partial charge in [-0.2, -0.15) is 0 Å². The van der Waals surface area contributed by atoms with E-state index in [1.165, 1.54) is 16.5 Å². The van der Waals surface area contributed by atoms with Gasteiger partial charge in [-0.3, -0.25) is 4.98 Å². The summed E-state index contributed by atoms with van der Waals surface area (Å²) in [6, 6.07) is 3.18. The van der Waals surface area contributed by atoms with E-state index >= 15 is 0 Å². The maximum atomic E-state index is 13.3. The van der Waals surface area contributed by atoms with Crippen LogP contribution in [0.15, 0.2) is 54.3 Å². The predicted molar refractivity (Wildman–Crippen MR) is 97.0 cm³/mol. The zero-order chi connectivity index (χ0) is 18.1. The minimum absolute atomic E-state index is 0.159. The Labute approximate surface area is 152 Å². The molecule has 1 aliphatic carbocycles. The molecule has 1 fully saturated rings. The third-order valence-electron chi connectivity index (χ3n) is 4.47. The summed E-state index contributed by atoms with van der Waals surface area (Å²) in [5.74, 6) is 0.374. The van der Waals surface area contributed by atoms with E-state index in [4.69, 9.17) is 0 Å². The highest BCUT2D eigenvalue weighted by Crippen LogP contribution is 2.47. The first-order valence-corrected chi connectivity index (χ1v) is 9.86. The highest BCUT2D eigenvalue weighted by Gasteiger charge is 2.34. The lowest BCUT2D eigenvalue weighted by Crippen LogP contribution is -2.14. The monoisotopic (exact) mass is 369 g/mol. The second-order valence-corrected chi connectivity index (χ2v) is 8.15. The number of nitrogens with zero attached hydrogens (tertiary/aromatic N) is 4. The molecule has 1 aliphatic rings. The second kappa shape index (κ2) is 6.62. The van der Waals surface area contributed by atoms with Crippen LogP contribution in [0.2, 0.25) is 0 Å². The molecule has 0 aliphatic heterocycles. The van der Waals surface area contributed by atoms with Crippen LogP contribution < -0.4 is 5.32 Å². The maximum Gasteiger partial charge on any atom is 0.269 e. The van der Waals surface area contributed by atoms with Gasteiger partial charge in [-0.1, -0.05) is 0 Å². The Bertz CT molecular complexity index is 1010. The van der Waals surface area contributed by atoms with Gasteiger partial charge in [0.05, 0.1) is 5.69 Å². The van der Waals surface area contributed by atoms with Crippen LogP contribution in [0, 0.1) is 0 Å². The molecule has 26 heavy (non-hydrogen) atoms. The fourth-order valence-corrected chi connectivity index (χ4v) is 4.59. The standard InChI is InChI=1S/C18H19N5O2S/c1-19-7-15-11-23(26(24,25)16-3-2-6-20-10-16)18(17(15)13-4-5-13)14-8-21-12-22-9-14/h2-3,6,8-13,19H,4-5,7H2,1H3.